The third-order valence-electron chi connectivity index (χ3n) is 2.46. The van der Waals surface area contributed by atoms with Crippen LogP contribution in [-0.2, 0) is 0 Å². The fraction of sp³-hybridized carbons (Fsp3) is 0.500. The normalized spacial score (nSPS) is 12.2. The second kappa shape index (κ2) is 7.83. The van der Waals surface area contributed by atoms with E-state index in [1.807, 2.05) is 40.4 Å². The predicted octanol–water partition coefficient (Wildman–Crippen LogP) is 4.14. The summed E-state index contributed by atoms with van der Waals surface area (Å²) in [7, 11) is 0. The summed E-state index contributed by atoms with van der Waals surface area (Å²) >= 11 is 3.92. The largest absolute Gasteiger partial charge is 0.383 e. The highest BCUT2D eigenvalue weighted by Crippen LogP contribution is 2.24. The van der Waals surface area contributed by atoms with Gasteiger partial charge in [-0.05, 0) is 59.6 Å². The van der Waals surface area contributed by atoms with Gasteiger partial charge in [-0.3, -0.25) is 10.1 Å². The SMILES string of the molecule is CCSCCC(C)Nc1ccc([N+](=O)[O-])c(I)c1. The Balaban J connectivity index is 2.57. The molecule has 0 bridgehead atoms. The van der Waals surface area contributed by atoms with Crippen LogP contribution in [0.1, 0.15) is 20.3 Å². The number of thioether (sulfide) groups is 1. The first-order valence-corrected chi connectivity index (χ1v) is 8.06. The molecule has 1 rings (SSSR count). The molecule has 1 N–H and O–H groups in total. The molecule has 4 nitrogen and oxygen atoms in total. The van der Waals surface area contributed by atoms with Gasteiger partial charge in [-0.1, -0.05) is 6.92 Å². The maximum atomic E-state index is 10.7. The topological polar surface area (TPSA) is 55.2 Å². The predicted molar refractivity (Wildman–Crippen MR) is 86.5 cm³/mol. The van der Waals surface area contributed by atoms with Crippen molar-refractivity contribution in [1.29, 1.82) is 0 Å². The number of hydrogen-bond acceptors (Lipinski definition) is 4. The first-order chi connectivity index (χ1) is 8.54. The van der Waals surface area contributed by atoms with E-state index in [1.54, 1.807) is 12.1 Å². The smallest absolute Gasteiger partial charge is 0.282 e. The van der Waals surface area contributed by atoms with Crippen LogP contribution >= 0.6 is 34.4 Å². The summed E-state index contributed by atoms with van der Waals surface area (Å²) in [5.41, 5.74) is 1.11. The van der Waals surface area contributed by atoms with Crippen molar-refractivity contribution in [3.63, 3.8) is 0 Å². The molecule has 1 unspecified atom stereocenters. The second-order valence-electron chi connectivity index (χ2n) is 3.95. The van der Waals surface area contributed by atoms with Crippen molar-refractivity contribution in [3.05, 3.63) is 31.9 Å². The van der Waals surface area contributed by atoms with Crippen LogP contribution in [0, 0.1) is 13.7 Å². The molecule has 6 heteroatoms. The van der Waals surface area contributed by atoms with E-state index in [-0.39, 0.29) is 10.6 Å². The third kappa shape index (κ3) is 5.01. The van der Waals surface area contributed by atoms with Crippen LogP contribution in [0.2, 0.25) is 0 Å². The molecular formula is C12H17IN2O2S. The number of nitro groups is 1. The standard InChI is InChI=1S/C12H17IN2O2S/c1-3-18-7-6-9(2)14-10-4-5-12(15(16)17)11(13)8-10/h4-5,8-9,14H,3,6-7H2,1-2H3. The number of hydrogen-bond donors (Lipinski definition) is 1. The van der Waals surface area contributed by atoms with Crippen molar-refractivity contribution in [2.75, 3.05) is 16.8 Å². The summed E-state index contributed by atoms with van der Waals surface area (Å²) in [6, 6.07) is 5.52. The second-order valence-corrected chi connectivity index (χ2v) is 6.51. The highest BCUT2D eigenvalue weighted by Gasteiger charge is 2.12. The van der Waals surface area contributed by atoms with Crippen LogP contribution in [0.25, 0.3) is 0 Å². The number of nitrogens with one attached hydrogen (secondary N) is 1. The fourth-order valence-corrected chi connectivity index (χ4v) is 3.03. The fourth-order valence-electron chi connectivity index (χ4n) is 1.51. The summed E-state index contributed by atoms with van der Waals surface area (Å²) in [5, 5.41) is 14.1. The molecule has 0 aliphatic rings. The summed E-state index contributed by atoms with van der Waals surface area (Å²) in [6.45, 7) is 4.28. The van der Waals surface area contributed by atoms with E-state index in [0.717, 1.165) is 23.6 Å². The van der Waals surface area contributed by atoms with Crippen LogP contribution in [0.3, 0.4) is 0 Å². The minimum absolute atomic E-state index is 0.162. The van der Waals surface area contributed by atoms with E-state index in [4.69, 9.17) is 0 Å². The zero-order chi connectivity index (χ0) is 13.5. The number of rotatable bonds is 7. The van der Waals surface area contributed by atoms with E-state index in [1.165, 1.54) is 0 Å². The lowest BCUT2D eigenvalue weighted by Crippen LogP contribution is -2.16. The lowest BCUT2D eigenvalue weighted by molar-refractivity contribution is -0.385. The molecule has 0 radical (unpaired) electrons. The Bertz CT molecular complexity index is 415. The average Bonchev–Trinajstić information content (AvgIpc) is 2.28. The molecule has 100 valence electrons. The molecule has 0 amide bonds. The Morgan fingerprint density at radius 3 is 2.83 bits per heavy atom. The van der Waals surface area contributed by atoms with Gasteiger partial charge in [0.25, 0.3) is 5.69 Å². The zero-order valence-corrected chi connectivity index (χ0v) is 13.5. The van der Waals surface area contributed by atoms with Gasteiger partial charge in [0.1, 0.15) is 0 Å². The first kappa shape index (κ1) is 15.6. The summed E-state index contributed by atoms with van der Waals surface area (Å²) in [4.78, 5) is 10.4. The maximum Gasteiger partial charge on any atom is 0.282 e. The van der Waals surface area contributed by atoms with E-state index in [2.05, 4.69) is 19.2 Å². The molecule has 0 fully saturated rings. The van der Waals surface area contributed by atoms with Crippen LogP contribution in [0.5, 0.6) is 0 Å². The molecule has 0 aromatic heterocycles. The Labute approximate surface area is 125 Å². The molecule has 0 spiro atoms. The van der Waals surface area contributed by atoms with E-state index >= 15 is 0 Å². The molecule has 0 heterocycles. The molecule has 1 aromatic rings. The number of nitro benzene ring substituents is 1. The van der Waals surface area contributed by atoms with E-state index in [9.17, 15) is 10.1 Å². The molecule has 0 saturated heterocycles. The first-order valence-electron chi connectivity index (χ1n) is 5.82. The van der Waals surface area contributed by atoms with Crippen LogP contribution in [0.15, 0.2) is 18.2 Å². The average molecular weight is 380 g/mol. The highest BCUT2D eigenvalue weighted by atomic mass is 127. The van der Waals surface area contributed by atoms with Gasteiger partial charge >= 0.3 is 0 Å². The lowest BCUT2D eigenvalue weighted by Gasteiger charge is -2.15. The third-order valence-corrected chi connectivity index (χ3v) is 4.25. The van der Waals surface area contributed by atoms with Gasteiger partial charge in [0.05, 0.1) is 8.49 Å². The number of nitrogens with zero attached hydrogens (tertiary/aromatic N) is 1. The van der Waals surface area contributed by atoms with Gasteiger partial charge in [0.2, 0.25) is 0 Å². The van der Waals surface area contributed by atoms with Crippen molar-refractivity contribution in [2.24, 2.45) is 0 Å². The van der Waals surface area contributed by atoms with Gasteiger partial charge in [0.15, 0.2) is 0 Å². The Morgan fingerprint density at radius 1 is 1.56 bits per heavy atom. The molecule has 0 saturated carbocycles. The Hall–Kier alpha value is -0.500. The summed E-state index contributed by atoms with van der Waals surface area (Å²) in [6.07, 6.45) is 1.09. The summed E-state index contributed by atoms with van der Waals surface area (Å²) in [5.74, 6) is 2.27. The van der Waals surface area contributed by atoms with Crippen molar-refractivity contribution >= 4 is 45.7 Å². The van der Waals surface area contributed by atoms with Gasteiger partial charge in [-0.25, -0.2) is 0 Å². The molecule has 1 aromatic carbocycles. The van der Waals surface area contributed by atoms with Crippen molar-refractivity contribution < 1.29 is 4.92 Å². The van der Waals surface area contributed by atoms with Gasteiger partial charge < -0.3 is 5.32 Å². The maximum absolute atomic E-state index is 10.7. The van der Waals surface area contributed by atoms with Gasteiger partial charge in [-0.2, -0.15) is 11.8 Å². The minimum Gasteiger partial charge on any atom is -0.383 e. The summed E-state index contributed by atoms with van der Waals surface area (Å²) < 4.78 is 0.665. The molecule has 0 aliphatic heterocycles. The monoisotopic (exact) mass is 380 g/mol. The molecular weight excluding hydrogens is 363 g/mol. The number of anilines is 1. The number of benzene rings is 1. The van der Waals surface area contributed by atoms with Crippen molar-refractivity contribution in [1.82, 2.24) is 0 Å². The lowest BCUT2D eigenvalue weighted by atomic mass is 10.2. The van der Waals surface area contributed by atoms with Gasteiger partial charge in [-0.15, -0.1) is 0 Å². The molecule has 1 atom stereocenters. The van der Waals surface area contributed by atoms with E-state index in [0.29, 0.717) is 9.61 Å². The molecule has 0 aliphatic carbocycles. The highest BCUT2D eigenvalue weighted by molar-refractivity contribution is 14.1. The minimum atomic E-state index is -0.354. The molecule has 18 heavy (non-hydrogen) atoms. The zero-order valence-electron chi connectivity index (χ0n) is 10.5. The van der Waals surface area contributed by atoms with E-state index < -0.39 is 0 Å². The van der Waals surface area contributed by atoms with Crippen LogP contribution in [-0.4, -0.2) is 22.5 Å². The van der Waals surface area contributed by atoms with Crippen molar-refractivity contribution in [3.8, 4) is 0 Å². The van der Waals surface area contributed by atoms with Gasteiger partial charge in [0, 0.05) is 17.8 Å². The van der Waals surface area contributed by atoms with Crippen LogP contribution in [0.4, 0.5) is 11.4 Å². The quantitative estimate of drug-likeness (QED) is 0.334. The number of halogens is 1. The van der Waals surface area contributed by atoms with Crippen LogP contribution < -0.4 is 5.32 Å². The Kier molecular flexibility index (Phi) is 6.77. The Morgan fingerprint density at radius 2 is 2.28 bits per heavy atom. The van der Waals surface area contributed by atoms with Crippen molar-refractivity contribution in [2.45, 2.75) is 26.3 Å².